The summed E-state index contributed by atoms with van der Waals surface area (Å²) < 4.78 is 0.965. The normalized spacial score (nSPS) is 15.1. The van der Waals surface area contributed by atoms with Gasteiger partial charge in [0.1, 0.15) is 11.6 Å². The predicted octanol–water partition coefficient (Wildman–Crippen LogP) is 3.77. The Labute approximate surface area is 153 Å². The molecule has 0 bridgehead atoms. The number of nitrogens with zero attached hydrogens (tertiary/aromatic N) is 5. The topological polar surface area (TPSA) is 45.2 Å². The number of fused-ring (bicyclic) bond motifs is 1. The van der Waals surface area contributed by atoms with E-state index < -0.39 is 0 Å². The fraction of sp³-hybridized carbons (Fsp3) is 0.235. The predicted molar refractivity (Wildman–Crippen MR) is 101 cm³/mol. The van der Waals surface area contributed by atoms with Crippen molar-refractivity contribution in [1.29, 1.82) is 0 Å². The maximum absolute atomic E-state index is 6.34. The number of piperazine rings is 1. The van der Waals surface area contributed by atoms with Gasteiger partial charge in [0, 0.05) is 48.4 Å². The van der Waals surface area contributed by atoms with Crippen LogP contribution in [0, 0.1) is 0 Å². The molecule has 0 radical (unpaired) electrons. The highest BCUT2D eigenvalue weighted by Gasteiger charge is 2.19. The van der Waals surface area contributed by atoms with Crippen molar-refractivity contribution in [2.24, 2.45) is 0 Å². The van der Waals surface area contributed by atoms with Gasteiger partial charge in [-0.1, -0.05) is 27.5 Å². The number of aromatic nitrogens is 3. The molecule has 0 amide bonds. The van der Waals surface area contributed by atoms with Gasteiger partial charge in [0.15, 0.2) is 0 Å². The lowest BCUT2D eigenvalue weighted by molar-refractivity contribution is 0.641. The minimum Gasteiger partial charge on any atom is -0.353 e. The first-order valence-corrected chi connectivity index (χ1v) is 8.89. The van der Waals surface area contributed by atoms with Crippen molar-refractivity contribution in [3.8, 4) is 0 Å². The quantitative estimate of drug-likeness (QED) is 0.650. The summed E-state index contributed by atoms with van der Waals surface area (Å²) in [4.78, 5) is 17.8. The molecule has 1 fully saturated rings. The smallest absolute Gasteiger partial charge is 0.147 e. The Kier molecular flexibility index (Phi) is 4.24. The summed E-state index contributed by atoms with van der Waals surface area (Å²) >= 11 is 9.81. The van der Waals surface area contributed by atoms with Gasteiger partial charge in [-0.25, -0.2) is 9.97 Å². The molecule has 1 saturated heterocycles. The van der Waals surface area contributed by atoms with Gasteiger partial charge in [-0.3, -0.25) is 4.98 Å². The molecule has 1 aliphatic rings. The molecule has 0 N–H and O–H groups in total. The van der Waals surface area contributed by atoms with Crippen LogP contribution in [0.3, 0.4) is 0 Å². The van der Waals surface area contributed by atoms with Crippen LogP contribution >= 0.6 is 27.5 Å². The standard InChI is InChI=1S/C17H15BrClN5/c18-13-9-12-1-2-15(22-17(12)14(19)10-13)23-5-7-24(8-6-23)16-11-20-3-4-21-16/h1-4,9-11H,5-8H2. The molecule has 24 heavy (non-hydrogen) atoms. The molecule has 1 aromatic carbocycles. The van der Waals surface area contributed by atoms with E-state index in [0.717, 1.165) is 53.2 Å². The van der Waals surface area contributed by atoms with Crippen LogP contribution in [0.1, 0.15) is 0 Å². The number of halogens is 2. The average molecular weight is 405 g/mol. The van der Waals surface area contributed by atoms with E-state index in [2.05, 4.69) is 47.8 Å². The van der Waals surface area contributed by atoms with E-state index in [1.165, 1.54) is 0 Å². The number of benzene rings is 1. The van der Waals surface area contributed by atoms with Crippen LogP contribution in [-0.2, 0) is 0 Å². The first-order valence-electron chi connectivity index (χ1n) is 7.72. The Morgan fingerprint density at radius 2 is 1.71 bits per heavy atom. The van der Waals surface area contributed by atoms with Gasteiger partial charge >= 0.3 is 0 Å². The fourth-order valence-electron chi connectivity index (χ4n) is 2.94. The molecule has 122 valence electrons. The van der Waals surface area contributed by atoms with Crippen molar-refractivity contribution in [3.63, 3.8) is 0 Å². The zero-order valence-corrected chi connectivity index (χ0v) is 15.2. The SMILES string of the molecule is Clc1cc(Br)cc2ccc(N3CCN(c4cnccn4)CC3)nc12. The van der Waals surface area contributed by atoms with E-state index in [-0.39, 0.29) is 0 Å². The molecule has 4 rings (SSSR count). The lowest BCUT2D eigenvalue weighted by Crippen LogP contribution is -2.47. The van der Waals surface area contributed by atoms with Crippen LogP contribution in [0.2, 0.25) is 5.02 Å². The van der Waals surface area contributed by atoms with Gasteiger partial charge in [-0.05, 0) is 24.3 Å². The Balaban J connectivity index is 1.54. The number of hydrogen-bond acceptors (Lipinski definition) is 5. The lowest BCUT2D eigenvalue weighted by Gasteiger charge is -2.35. The van der Waals surface area contributed by atoms with Crippen molar-refractivity contribution >= 4 is 50.1 Å². The Morgan fingerprint density at radius 1 is 0.958 bits per heavy atom. The van der Waals surface area contributed by atoms with Crippen molar-refractivity contribution < 1.29 is 0 Å². The molecular formula is C17H15BrClN5. The molecule has 0 unspecified atom stereocenters. The van der Waals surface area contributed by atoms with E-state index in [1.54, 1.807) is 12.4 Å². The first-order chi connectivity index (χ1) is 11.7. The average Bonchev–Trinajstić information content (AvgIpc) is 2.62. The summed E-state index contributed by atoms with van der Waals surface area (Å²) in [5.41, 5.74) is 0.841. The maximum atomic E-state index is 6.34. The third kappa shape index (κ3) is 3.03. The summed E-state index contributed by atoms with van der Waals surface area (Å²) in [5.74, 6) is 1.89. The molecule has 1 aliphatic heterocycles. The summed E-state index contributed by atoms with van der Waals surface area (Å²) in [7, 11) is 0. The van der Waals surface area contributed by atoms with Crippen LogP contribution in [0.25, 0.3) is 10.9 Å². The Morgan fingerprint density at radius 3 is 2.42 bits per heavy atom. The van der Waals surface area contributed by atoms with E-state index in [9.17, 15) is 0 Å². The minimum atomic E-state index is 0.666. The molecule has 5 nitrogen and oxygen atoms in total. The fourth-order valence-corrected chi connectivity index (χ4v) is 3.82. The molecule has 7 heteroatoms. The van der Waals surface area contributed by atoms with E-state index in [0.29, 0.717) is 5.02 Å². The number of hydrogen-bond donors (Lipinski definition) is 0. The maximum Gasteiger partial charge on any atom is 0.147 e. The summed E-state index contributed by atoms with van der Waals surface area (Å²) in [6.45, 7) is 3.57. The largest absolute Gasteiger partial charge is 0.353 e. The van der Waals surface area contributed by atoms with Crippen LogP contribution in [0.4, 0.5) is 11.6 Å². The third-order valence-electron chi connectivity index (χ3n) is 4.17. The second-order valence-electron chi connectivity index (χ2n) is 5.67. The van der Waals surface area contributed by atoms with Gasteiger partial charge in [0.2, 0.25) is 0 Å². The third-order valence-corrected chi connectivity index (χ3v) is 4.92. The zero-order chi connectivity index (χ0) is 16.5. The van der Waals surface area contributed by atoms with Crippen LogP contribution in [-0.4, -0.2) is 41.1 Å². The number of rotatable bonds is 2. The lowest BCUT2D eigenvalue weighted by atomic mass is 10.2. The van der Waals surface area contributed by atoms with Crippen molar-refractivity contribution in [2.45, 2.75) is 0 Å². The van der Waals surface area contributed by atoms with E-state index in [1.807, 2.05) is 18.3 Å². The summed E-state index contributed by atoms with van der Waals surface area (Å²) in [5, 5.41) is 1.70. The highest BCUT2D eigenvalue weighted by atomic mass is 79.9. The molecule has 3 heterocycles. The zero-order valence-electron chi connectivity index (χ0n) is 12.9. The molecule has 0 saturated carbocycles. The van der Waals surface area contributed by atoms with Crippen molar-refractivity contribution in [2.75, 3.05) is 36.0 Å². The first kappa shape index (κ1) is 15.6. The molecule has 2 aromatic heterocycles. The monoisotopic (exact) mass is 403 g/mol. The van der Waals surface area contributed by atoms with E-state index in [4.69, 9.17) is 16.6 Å². The van der Waals surface area contributed by atoms with Gasteiger partial charge in [-0.15, -0.1) is 0 Å². The van der Waals surface area contributed by atoms with Crippen molar-refractivity contribution in [1.82, 2.24) is 15.0 Å². The summed E-state index contributed by atoms with van der Waals surface area (Å²) in [6, 6.07) is 8.04. The Bertz CT molecular complexity index is 865. The summed E-state index contributed by atoms with van der Waals surface area (Å²) in [6.07, 6.45) is 5.23. The molecular weight excluding hydrogens is 390 g/mol. The van der Waals surface area contributed by atoms with Crippen LogP contribution in [0.15, 0.2) is 47.3 Å². The second-order valence-corrected chi connectivity index (χ2v) is 6.99. The van der Waals surface area contributed by atoms with Gasteiger partial charge in [0.05, 0.1) is 16.7 Å². The molecule has 0 aliphatic carbocycles. The highest BCUT2D eigenvalue weighted by Crippen LogP contribution is 2.29. The second kappa shape index (κ2) is 6.53. The number of anilines is 2. The van der Waals surface area contributed by atoms with Gasteiger partial charge in [0.25, 0.3) is 0 Å². The highest BCUT2D eigenvalue weighted by molar-refractivity contribution is 9.10. The van der Waals surface area contributed by atoms with Gasteiger partial charge in [-0.2, -0.15) is 0 Å². The van der Waals surface area contributed by atoms with E-state index >= 15 is 0 Å². The Hall–Kier alpha value is -1.92. The van der Waals surface area contributed by atoms with Crippen LogP contribution < -0.4 is 9.80 Å². The minimum absolute atomic E-state index is 0.666. The van der Waals surface area contributed by atoms with Crippen molar-refractivity contribution in [3.05, 3.63) is 52.4 Å². The number of pyridine rings is 1. The van der Waals surface area contributed by atoms with Gasteiger partial charge < -0.3 is 9.80 Å². The molecule has 3 aromatic rings. The molecule has 0 spiro atoms. The molecule has 0 atom stereocenters. The van der Waals surface area contributed by atoms with Crippen LogP contribution in [0.5, 0.6) is 0 Å².